The number of hydrogen-bond donors (Lipinski definition) is 1. The van der Waals surface area contributed by atoms with Gasteiger partial charge in [0.2, 0.25) is 0 Å². The first-order chi connectivity index (χ1) is 10.3. The number of amides is 1. The highest BCUT2D eigenvalue weighted by atomic mass is 32.2. The van der Waals surface area contributed by atoms with E-state index < -0.39 is 0 Å². The molecule has 2 aromatic rings. The Morgan fingerprint density at radius 3 is 2.86 bits per heavy atom. The van der Waals surface area contributed by atoms with Crippen molar-refractivity contribution in [1.82, 2.24) is 15.1 Å². The number of rotatable bonds is 3. The number of aliphatic imine (C=N–C) groups is 1. The quantitative estimate of drug-likeness (QED) is 0.937. The normalized spacial score (nSPS) is 13.9. The Morgan fingerprint density at radius 1 is 1.38 bits per heavy atom. The van der Waals surface area contributed by atoms with Gasteiger partial charge in [-0.15, -0.1) is 0 Å². The highest BCUT2D eigenvalue weighted by Crippen LogP contribution is 2.20. The Kier molecular flexibility index (Phi) is 3.92. The van der Waals surface area contributed by atoms with Crippen LogP contribution in [0.25, 0.3) is 5.69 Å². The van der Waals surface area contributed by atoms with Gasteiger partial charge in [-0.25, -0.2) is 4.68 Å². The number of hydrogen-bond acceptors (Lipinski definition) is 5. The van der Waals surface area contributed by atoms with Crippen LogP contribution in [0.2, 0.25) is 0 Å². The maximum absolute atomic E-state index is 12.3. The van der Waals surface area contributed by atoms with Crippen molar-refractivity contribution < 1.29 is 9.53 Å². The molecule has 0 saturated heterocycles. The first-order valence-corrected chi connectivity index (χ1v) is 7.44. The van der Waals surface area contributed by atoms with Crippen LogP contribution in [-0.4, -0.2) is 40.3 Å². The van der Waals surface area contributed by atoms with Crippen molar-refractivity contribution in [3.63, 3.8) is 0 Å². The Bertz CT molecular complexity index is 682. The molecule has 1 aliphatic rings. The van der Waals surface area contributed by atoms with Gasteiger partial charge in [0.1, 0.15) is 0 Å². The van der Waals surface area contributed by atoms with Crippen LogP contribution in [0.3, 0.4) is 0 Å². The molecule has 0 fully saturated rings. The van der Waals surface area contributed by atoms with Gasteiger partial charge in [-0.3, -0.25) is 15.1 Å². The summed E-state index contributed by atoms with van der Waals surface area (Å²) in [6.07, 6.45) is 1.69. The minimum Gasteiger partial charge on any atom is -0.493 e. The molecule has 7 heteroatoms. The average Bonchev–Trinajstić information content (AvgIpc) is 3.17. The number of nitrogens with one attached hydrogen (secondary N) is 1. The lowest BCUT2D eigenvalue weighted by atomic mass is 10.3. The molecule has 3 rings (SSSR count). The molecule has 6 nitrogen and oxygen atoms in total. The highest BCUT2D eigenvalue weighted by molar-refractivity contribution is 8.14. The van der Waals surface area contributed by atoms with Crippen LogP contribution in [0, 0.1) is 0 Å². The molecule has 1 aromatic carbocycles. The van der Waals surface area contributed by atoms with Crippen molar-refractivity contribution in [2.45, 2.75) is 0 Å². The van der Waals surface area contributed by atoms with E-state index in [1.807, 2.05) is 30.3 Å². The molecule has 0 aliphatic carbocycles. The van der Waals surface area contributed by atoms with E-state index in [2.05, 4.69) is 15.4 Å². The smallest absolute Gasteiger partial charge is 0.281 e. The molecule has 0 atom stereocenters. The fraction of sp³-hybridized carbons (Fsp3) is 0.214. The van der Waals surface area contributed by atoms with Crippen LogP contribution in [0.4, 0.5) is 0 Å². The molecule has 108 valence electrons. The summed E-state index contributed by atoms with van der Waals surface area (Å²) in [5.74, 6) is 1.01. The van der Waals surface area contributed by atoms with Gasteiger partial charge in [-0.2, -0.15) is 5.10 Å². The molecule has 1 N–H and O–H groups in total. The van der Waals surface area contributed by atoms with Crippen molar-refractivity contribution in [2.75, 3.05) is 19.4 Å². The van der Waals surface area contributed by atoms with Crippen LogP contribution >= 0.6 is 11.8 Å². The zero-order valence-corrected chi connectivity index (χ0v) is 12.3. The van der Waals surface area contributed by atoms with Crippen molar-refractivity contribution in [3.05, 3.63) is 42.2 Å². The number of carbonyl (C=O) groups is 1. The van der Waals surface area contributed by atoms with Crippen molar-refractivity contribution >= 4 is 22.8 Å². The molecule has 0 saturated carbocycles. The Balaban J connectivity index is 1.87. The van der Waals surface area contributed by atoms with Crippen LogP contribution in [0.1, 0.15) is 10.5 Å². The third-order valence-corrected chi connectivity index (χ3v) is 3.83. The van der Waals surface area contributed by atoms with E-state index in [0.29, 0.717) is 10.9 Å². The predicted molar refractivity (Wildman–Crippen MR) is 82.3 cm³/mol. The molecular weight excluding hydrogens is 288 g/mol. The fourth-order valence-electron chi connectivity index (χ4n) is 1.94. The summed E-state index contributed by atoms with van der Waals surface area (Å²) in [6, 6.07) is 9.56. The van der Waals surface area contributed by atoms with Gasteiger partial charge in [0.15, 0.2) is 16.6 Å². The summed E-state index contributed by atoms with van der Waals surface area (Å²) in [7, 11) is 1.52. The predicted octanol–water partition coefficient (Wildman–Crippen LogP) is 1.71. The van der Waals surface area contributed by atoms with E-state index >= 15 is 0 Å². The maximum atomic E-state index is 12.3. The topological polar surface area (TPSA) is 68.5 Å². The van der Waals surface area contributed by atoms with Crippen LogP contribution < -0.4 is 10.1 Å². The van der Waals surface area contributed by atoms with Crippen LogP contribution in [0.15, 0.2) is 41.5 Å². The van der Waals surface area contributed by atoms with Crippen LogP contribution in [0.5, 0.6) is 5.75 Å². The lowest BCUT2D eigenvalue weighted by Gasteiger charge is -2.02. The molecule has 0 bridgehead atoms. The van der Waals surface area contributed by atoms with E-state index in [-0.39, 0.29) is 11.6 Å². The summed E-state index contributed by atoms with van der Waals surface area (Å²) in [5.41, 5.74) is 1.11. The zero-order chi connectivity index (χ0) is 14.7. The summed E-state index contributed by atoms with van der Waals surface area (Å²) in [6.45, 7) is 0.732. The zero-order valence-electron chi connectivity index (χ0n) is 11.4. The van der Waals surface area contributed by atoms with Gasteiger partial charge < -0.3 is 4.74 Å². The first-order valence-electron chi connectivity index (χ1n) is 6.45. The van der Waals surface area contributed by atoms with Gasteiger partial charge in [-0.05, 0) is 12.1 Å². The third-order valence-electron chi connectivity index (χ3n) is 2.94. The van der Waals surface area contributed by atoms with Gasteiger partial charge in [-0.1, -0.05) is 30.0 Å². The van der Waals surface area contributed by atoms with E-state index in [9.17, 15) is 4.79 Å². The largest absolute Gasteiger partial charge is 0.493 e. The second kappa shape index (κ2) is 6.01. The monoisotopic (exact) mass is 302 g/mol. The number of carbonyl (C=O) groups excluding carboxylic acids is 1. The SMILES string of the molecule is COc1cn(-c2ccccc2)nc1C(=O)NC1=NCCS1. The number of nitrogens with zero attached hydrogens (tertiary/aromatic N) is 3. The van der Waals surface area contributed by atoms with Crippen LogP contribution in [-0.2, 0) is 0 Å². The van der Waals surface area contributed by atoms with Gasteiger partial charge >= 0.3 is 0 Å². The number of ether oxygens (including phenoxy) is 1. The van der Waals surface area contributed by atoms with Crippen molar-refractivity contribution in [1.29, 1.82) is 0 Å². The molecule has 1 amide bonds. The molecular formula is C14H14N4O2S. The van der Waals surface area contributed by atoms with E-state index in [1.165, 1.54) is 18.9 Å². The summed E-state index contributed by atoms with van der Waals surface area (Å²) in [5, 5.41) is 7.70. The average molecular weight is 302 g/mol. The number of benzene rings is 1. The maximum Gasteiger partial charge on any atom is 0.281 e. The summed E-state index contributed by atoms with van der Waals surface area (Å²) >= 11 is 1.52. The van der Waals surface area contributed by atoms with E-state index in [1.54, 1.807) is 10.9 Å². The fourth-order valence-corrected chi connectivity index (χ4v) is 2.67. The van der Waals surface area contributed by atoms with Gasteiger partial charge in [0.25, 0.3) is 5.91 Å². The summed E-state index contributed by atoms with van der Waals surface area (Å²) in [4.78, 5) is 16.5. The standard InChI is InChI=1S/C14H14N4O2S/c1-20-11-9-18(10-5-3-2-4-6-10)17-12(11)13(19)16-14-15-7-8-21-14/h2-6,9H,7-8H2,1H3,(H,15,16,19). The highest BCUT2D eigenvalue weighted by Gasteiger charge is 2.20. The molecule has 2 heterocycles. The van der Waals surface area contributed by atoms with Gasteiger partial charge in [0.05, 0.1) is 25.5 Å². The second-order valence-corrected chi connectivity index (χ2v) is 5.40. The first kappa shape index (κ1) is 13.7. The van der Waals surface area contributed by atoms with Gasteiger partial charge in [0, 0.05) is 5.75 Å². The molecule has 0 radical (unpaired) electrons. The number of thioether (sulfide) groups is 1. The molecule has 0 spiro atoms. The minimum absolute atomic E-state index is 0.247. The van der Waals surface area contributed by atoms with E-state index in [0.717, 1.165) is 18.0 Å². The number of para-hydroxylation sites is 1. The summed E-state index contributed by atoms with van der Waals surface area (Å²) < 4.78 is 6.86. The van der Waals surface area contributed by atoms with E-state index in [4.69, 9.17) is 4.74 Å². The number of methoxy groups -OCH3 is 1. The Morgan fingerprint density at radius 2 is 2.19 bits per heavy atom. The lowest BCUT2D eigenvalue weighted by Crippen LogP contribution is -2.28. The molecule has 0 unspecified atom stereocenters. The molecule has 1 aliphatic heterocycles. The number of aromatic nitrogens is 2. The van der Waals surface area contributed by atoms with Crippen molar-refractivity contribution in [2.24, 2.45) is 4.99 Å². The minimum atomic E-state index is -0.310. The Hall–Kier alpha value is -2.28. The molecule has 21 heavy (non-hydrogen) atoms. The third kappa shape index (κ3) is 2.92. The Labute approximate surface area is 126 Å². The second-order valence-electron chi connectivity index (χ2n) is 4.32. The number of amidine groups is 1. The molecule has 1 aromatic heterocycles. The lowest BCUT2D eigenvalue weighted by molar-refractivity contribution is 0.0970. The van der Waals surface area contributed by atoms with Crippen molar-refractivity contribution in [3.8, 4) is 11.4 Å².